The van der Waals surface area contributed by atoms with Gasteiger partial charge in [-0.3, -0.25) is 14.7 Å². The third-order valence-electron chi connectivity index (χ3n) is 4.84. The van der Waals surface area contributed by atoms with Gasteiger partial charge in [0.25, 0.3) is 0 Å². The molecule has 0 saturated carbocycles. The largest absolute Gasteiger partial charge is 0.285 e. The van der Waals surface area contributed by atoms with E-state index in [4.69, 9.17) is 25.4 Å². The molecule has 2 aromatic heterocycles. The monoisotopic (exact) mass is 513 g/mol. The van der Waals surface area contributed by atoms with Crippen molar-refractivity contribution in [3.8, 4) is 0 Å². The van der Waals surface area contributed by atoms with E-state index < -0.39 is 0 Å². The minimum atomic E-state index is -0.261. The maximum Gasteiger partial charge on any atom is 0.171 e. The van der Waals surface area contributed by atoms with E-state index in [1.807, 2.05) is 36.2 Å². The maximum absolute atomic E-state index is 8.92. The van der Waals surface area contributed by atoms with Crippen molar-refractivity contribution in [1.82, 2.24) is 14.3 Å². The molecule has 2 aromatic rings. The van der Waals surface area contributed by atoms with Gasteiger partial charge in [-0.25, -0.2) is 20.0 Å². The first-order valence-electron chi connectivity index (χ1n) is 9.07. The number of aliphatic imine (C=N–C) groups is 2. The number of rotatable bonds is 0. The number of halogens is 2. The van der Waals surface area contributed by atoms with E-state index >= 15 is 0 Å². The van der Waals surface area contributed by atoms with E-state index in [-0.39, 0.29) is 5.41 Å². The molecule has 1 N–H and O–H groups in total. The summed E-state index contributed by atoms with van der Waals surface area (Å²) in [6, 6.07) is 3.88. The molecule has 0 fully saturated rings. The van der Waals surface area contributed by atoms with Crippen LogP contribution in [-0.2, 0) is 0 Å². The molecule has 5 rings (SSSR count). The van der Waals surface area contributed by atoms with Crippen molar-refractivity contribution in [1.29, 1.82) is 5.41 Å². The van der Waals surface area contributed by atoms with Gasteiger partial charge in [0, 0.05) is 11.6 Å². The van der Waals surface area contributed by atoms with Gasteiger partial charge in [0.15, 0.2) is 23.0 Å². The highest BCUT2D eigenvalue weighted by Crippen LogP contribution is 2.37. The molecule has 0 spiro atoms. The fourth-order valence-electron chi connectivity index (χ4n) is 3.39. The summed E-state index contributed by atoms with van der Waals surface area (Å²) in [5.41, 5.74) is 2.25. The lowest BCUT2D eigenvalue weighted by Crippen LogP contribution is -2.54. The molecule has 0 unspecified atom stereocenters. The molecule has 0 aromatic carbocycles. The zero-order chi connectivity index (χ0) is 20.7. The molecule has 7 nitrogen and oxygen atoms in total. The lowest BCUT2D eigenvalue weighted by molar-refractivity contribution is 0.570. The Labute approximate surface area is 183 Å². The van der Waals surface area contributed by atoms with Crippen LogP contribution in [-0.4, -0.2) is 26.0 Å². The van der Waals surface area contributed by atoms with Gasteiger partial charge in [-0.2, -0.15) is 0 Å². The first-order valence-corrected chi connectivity index (χ1v) is 10.7. The number of fused-ring (bicyclic) bond motifs is 2. The van der Waals surface area contributed by atoms with Crippen LogP contribution < -0.4 is 16.2 Å². The Kier molecular flexibility index (Phi) is 3.89. The molecule has 9 heteroatoms. The summed E-state index contributed by atoms with van der Waals surface area (Å²) in [6.45, 7) is 8.22. The summed E-state index contributed by atoms with van der Waals surface area (Å²) in [6.07, 6.45) is 3.84. The van der Waals surface area contributed by atoms with Gasteiger partial charge in [0.05, 0.1) is 8.96 Å². The summed E-state index contributed by atoms with van der Waals surface area (Å²) < 4.78 is 3.39. The van der Waals surface area contributed by atoms with E-state index in [2.05, 4.69) is 52.6 Å². The molecular weight excluding hydrogens is 498 g/mol. The first-order chi connectivity index (χ1) is 13.6. The highest BCUT2D eigenvalue weighted by molar-refractivity contribution is 9.12. The summed E-state index contributed by atoms with van der Waals surface area (Å²) in [7, 11) is 0. The average Bonchev–Trinajstić information content (AvgIpc) is 2.65. The summed E-state index contributed by atoms with van der Waals surface area (Å²) in [5.74, 6) is 2.69. The van der Waals surface area contributed by atoms with E-state index in [0.717, 1.165) is 14.5 Å². The summed E-state index contributed by atoms with van der Waals surface area (Å²) in [5, 5.41) is 9.51. The molecule has 3 aliphatic rings. The number of nitrogens with zero attached hydrogens (tertiary/aromatic N) is 6. The van der Waals surface area contributed by atoms with Crippen LogP contribution in [0.3, 0.4) is 0 Å². The Morgan fingerprint density at radius 3 is 2.52 bits per heavy atom. The van der Waals surface area contributed by atoms with Crippen LogP contribution in [0.4, 0.5) is 0 Å². The smallest absolute Gasteiger partial charge is 0.171 e. The van der Waals surface area contributed by atoms with Crippen LogP contribution >= 0.6 is 31.9 Å². The van der Waals surface area contributed by atoms with Crippen LogP contribution in [0.25, 0.3) is 11.5 Å². The van der Waals surface area contributed by atoms with Gasteiger partial charge in [0.2, 0.25) is 0 Å². The third kappa shape index (κ3) is 2.71. The fraction of sp³-hybridized carbons (Fsp3) is 0.250. The maximum atomic E-state index is 8.92. The summed E-state index contributed by atoms with van der Waals surface area (Å²) in [4.78, 5) is 21.1. The number of aryl methyl sites for hydroxylation is 1. The Hall–Kier alpha value is -2.39. The van der Waals surface area contributed by atoms with E-state index in [9.17, 15) is 0 Å². The number of allylic oxidation sites excluding steroid dienone is 2. The normalized spacial score (nSPS) is 18.1. The van der Waals surface area contributed by atoms with Crippen molar-refractivity contribution in [3.05, 3.63) is 60.9 Å². The molecule has 29 heavy (non-hydrogen) atoms. The molecule has 146 valence electrons. The molecule has 3 aliphatic heterocycles. The van der Waals surface area contributed by atoms with Crippen molar-refractivity contribution >= 4 is 55.0 Å². The topological polar surface area (TPSA) is 81.5 Å². The zero-order valence-electron chi connectivity index (χ0n) is 16.2. The number of hydrogen-bond acceptors (Lipinski definition) is 6. The molecule has 0 radical (unpaired) electrons. The first kappa shape index (κ1) is 18.6. The van der Waals surface area contributed by atoms with Crippen molar-refractivity contribution in [2.24, 2.45) is 20.4 Å². The predicted molar refractivity (Wildman–Crippen MR) is 119 cm³/mol. The zero-order valence-corrected chi connectivity index (χ0v) is 19.4. The Morgan fingerprint density at radius 1 is 1.03 bits per heavy atom. The minimum Gasteiger partial charge on any atom is -0.285 e. The van der Waals surface area contributed by atoms with Gasteiger partial charge in [-0.05, 0) is 56.5 Å². The van der Waals surface area contributed by atoms with E-state index in [1.165, 1.54) is 0 Å². The number of nitrogens with one attached hydrogen (secondary N) is 1. The van der Waals surface area contributed by atoms with Gasteiger partial charge in [-0.15, -0.1) is 0 Å². The molecule has 0 amide bonds. The van der Waals surface area contributed by atoms with Gasteiger partial charge >= 0.3 is 0 Å². The van der Waals surface area contributed by atoms with Crippen LogP contribution in [0.5, 0.6) is 0 Å². The third-order valence-corrected chi connectivity index (χ3v) is 6.01. The van der Waals surface area contributed by atoms with E-state index in [1.54, 1.807) is 4.40 Å². The number of hydrogen-bond donors (Lipinski definition) is 1. The number of aromatic nitrogens is 2. The Balaban J connectivity index is 2.02. The van der Waals surface area contributed by atoms with Gasteiger partial charge < -0.3 is 0 Å². The van der Waals surface area contributed by atoms with Crippen molar-refractivity contribution in [3.63, 3.8) is 0 Å². The lowest BCUT2D eigenvalue weighted by atomic mass is 9.94. The van der Waals surface area contributed by atoms with Crippen molar-refractivity contribution in [2.45, 2.75) is 27.7 Å². The lowest BCUT2D eigenvalue weighted by Gasteiger charge is -2.35. The molecule has 0 bridgehead atoms. The van der Waals surface area contributed by atoms with Gasteiger partial charge in [-0.1, -0.05) is 26.8 Å². The Morgan fingerprint density at radius 2 is 1.79 bits per heavy atom. The van der Waals surface area contributed by atoms with Crippen molar-refractivity contribution in [2.75, 3.05) is 0 Å². The Bertz CT molecular complexity index is 1430. The highest BCUT2D eigenvalue weighted by atomic mass is 79.9. The predicted octanol–water partition coefficient (Wildman–Crippen LogP) is 2.84. The van der Waals surface area contributed by atoms with E-state index in [0.29, 0.717) is 45.2 Å². The van der Waals surface area contributed by atoms with Crippen LogP contribution in [0.2, 0.25) is 0 Å². The van der Waals surface area contributed by atoms with Crippen molar-refractivity contribution < 1.29 is 0 Å². The average molecular weight is 515 g/mol. The van der Waals surface area contributed by atoms with Crippen LogP contribution in [0, 0.1) is 17.7 Å². The van der Waals surface area contributed by atoms with Crippen LogP contribution in [0.15, 0.2) is 54.2 Å². The second-order valence-corrected chi connectivity index (χ2v) is 9.86. The van der Waals surface area contributed by atoms with Crippen LogP contribution in [0.1, 0.15) is 26.3 Å². The second-order valence-electron chi connectivity index (χ2n) is 8.15. The minimum absolute atomic E-state index is 0.261. The second kappa shape index (κ2) is 6.06. The highest BCUT2D eigenvalue weighted by Gasteiger charge is 2.37. The molecular formula is C20H17Br2N7. The number of amidine groups is 2. The standard InChI is InChI=1S/C20H17Br2N7/c1-9-5-6-12-24-15-13(14(23)28(12)8-9)18-27-19(20(2,3)4)26-17-11(22)7-10(21)16(25-15)29(17)18/h5-8,23H,1-4H3. The molecule has 0 atom stereocenters. The molecule has 0 aliphatic carbocycles. The van der Waals surface area contributed by atoms with Gasteiger partial charge in [0.1, 0.15) is 22.2 Å². The fourth-order valence-corrected chi connectivity index (χ4v) is 4.68. The number of pyridine rings is 1. The quantitative estimate of drug-likeness (QED) is 0.586. The summed E-state index contributed by atoms with van der Waals surface area (Å²) >= 11 is 7.23. The molecule has 5 heterocycles. The molecule has 0 saturated heterocycles. The SMILES string of the molecule is Cc1ccc2nc3c(c(=N)n2c1)=C1N=C(C(C)(C)C)N=C2C(Br)=CC(Br)=C(N=3)N21.